The molecule has 0 spiro atoms. The normalized spacial score (nSPS) is 20.8. The molecule has 2 aromatic rings. The number of amides is 1. The van der Waals surface area contributed by atoms with Gasteiger partial charge in [-0.2, -0.15) is 0 Å². The van der Waals surface area contributed by atoms with Gasteiger partial charge >= 0.3 is 0 Å². The van der Waals surface area contributed by atoms with Gasteiger partial charge in [0.1, 0.15) is 0 Å². The Kier molecular flexibility index (Phi) is 6.25. The van der Waals surface area contributed by atoms with E-state index in [2.05, 4.69) is 31.1 Å². The van der Waals surface area contributed by atoms with Gasteiger partial charge in [0, 0.05) is 47.0 Å². The zero-order valence-corrected chi connectivity index (χ0v) is 18.1. The zero-order chi connectivity index (χ0) is 20.4. The maximum absolute atomic E-state index is 13.5. The Morgan fingerprint density at radius 1 is 1.21 bits per heavy atom. The number of halogens is 3. The maximum atomic E-state index is 13.5. The number of carbonyl (C=O) groups excluding carboxylic acids is 1. The van der Waals surface area contributed by atoms with Gasteiger partial charge in [0.05, 0.1) is 6.42 Å². The predicted molar refractivity (Wildman–Crippen MR) is 114 cm³/mol. The van der Waals surface area contributed by atoms with Gasteiger partial charge in [-0.05, 0) is 68.5 Å². The highest BCUT2D eigenvalue weighted by Gasteiger charge is 2.35. The second-order valence-electron chi connectivity index (χ2n) is 8.54. The first-order valence-corrected chi connectivity index (χ1v) is 11.3. The Bertz CT molecular complexity index is 866. The standard InChI is InChI=1S/C22H28BrF2N3O/c23-17-1-2-20-19(12-17)16(11-21(29)27-18-5-9-26-10-6-18)14-28(20)13-15-3-7-22(24,25)8-4-15/h1-2,12,14-15,18,26H,3-11,13H2,(H,27,29). The number of nitrogens with zero attached hydrogens (tertiary/aromatic N) is 1. The van der Waals surface area contributed by atoms with Gasteiger partial charge in [0.15, 0.2) is 0 Å². The van der Waals surface area contributed by atoms with Crippen LogP contribution in [0.1, 0.15) is 44.1 Å². The van der Waals surface area contributed by atoms with Crippen LogP contribution in [0.25, 0.3) is 10.9 Å². The lowest BCUT2D eigenvalue weighted by atomic mass is 9.87. The fraction of sp³-hybridized carbons (Fsp3) is 0.591. The van der Waals surface area contributed by atoms with Crippen LogP contribution in [-0.2, 0) is 17.8 Å². The van der Waals surface area contributed by atoms with Gasteiger partial charge in [0.2, 0.25) is 11.8 Å². The van der Waals surface area contributed by atoms with E-state index in [0.29, 0.717) is 19.3 Å². The summed E-state index contributed by atoms with van der Waals surface area (Å²) < 4.78 is 30.1. The lowest BCUT2D eigenvalue weighted by molar-refractivity contribution is -0.121. The fourth-order valence-corrected chi connectivity index (χ4v) is 4.97. The Balaban J connectivity index is 1.50. The van der Waals surface area contributed by atoms with Crippen LogP contribution >= 0.6 is 15.9 Å². The summed E-state index contributed by atoms with van der Waals surface area (Å²) in [6.45, 7) is 2.61. The van der Waals surface area contributed by atoms with Crippen LogP contribution in [0.2, 0.25) is 0 Å². The first-order valence-electron chi connectivity index (χ1n) is 10.5. The highest BCUT2D eigenvalue weighted by molar-refractivity contribution is 9.10. The van der Waals surface area contributed by atoms with Crippen LogP contribution in [0, 0.1) is 5.92 Å². The van der Waals surface area contributed by atoms with Gasteiger partial charge in [-0.15, -0.1) is 0 Å². The van der Waals surface area contributed by atoms with E-state index < -0.39 is 5.92 Å². The van der Waals surface area contributed by atoms with Crippen molar-refractivity contribution in [1.29, 1.82) is 0 Å². The lowest BCUT2D eigenvalue weighted by Crippen LogP contribution is -2.43. The molecule has 4 rings (SSSR count). The van der Waals surface area contributed by atoms with E-state index in [1.165, 1.54) is 0 Å². The summed E-state index contributed by atoms with van der Waals surface area (Å²) in [5.74, 6) is -2.20. The number of hydrogen-bond donors (Lipinski definition) is 2. The molecule has 2 N–H and O–H groups in total. The minimum absolute atomic E-state index is 0.0199. The zero-order valence-electron chi connectivity index (χ0n) is 16.5. The van der Waals surface area contributed by atoms with Crippen LogP contribution in [0.3, 0.4) is 0 Å². The van der Waals surface area contributed by atoms with Gasteiger partial charge < -0.3 is 15.2 Å². The molecule has 2 fully saturated rings. The van der Waals surface area contributed by atoms with Crippen molar-refractivity contribution in [3.05, 3.63) is 34.4 Å². The number of nitrogens with one attached hydrogen (secondary N) is 2. The molecule has 1 aromatic heterocycles. The monoisotopic (exact) mass is 467 g/mol. The van der Waals surface area contributed by atoms with E-state index in [4.69, 9.17) is 0 Å². The summed E-state index contributed by atoms with van der Waals surface area (Å²) in [5.41, 5.74) is 2.06. The van der Waals surface area contributed by atoms with Crippen LogP contribution in [0.4, 0.5) is 8.78 Å². The van der Waals surface area contributed by atoms with Gasteiger partial charge in [-0.25, -0.2) is 8.78 Å². The third-order valence-corrected chi connectivity index (χ3v) is 6.77. The molecule has 1 saturated heterocycles. The van der Waals surface area contributed by atoms with E-state index in [0.717, 1.165) is 53.4 Å². The predicted octanol–water partition coefficient (Wildman–Crippen LogP) is 4.64. The average molecular weight is 468 g/mol. The van der Waals surface area contributed by atoms with Gasteiger partial charge in [-0.3, -0.25) is 4.79 Å². The fourth-order valence-electron chi connectivity index (χ4n) is 4.61. The number of rotatable bonds is 5. The third kappa shape index (κ3) is 5.18. The Hall–Kier alpha value is -1.47. The van der Waals surface area contributed by atoms with Crippen LogP contribution < -0.4 is 10.6 Å². The molecule has 29 heavy (non-hydrogen) atoms. The van der Waals surface area contributed by atoms with E-state index in [-0.39, 0.29) is 30.7 Å². The van der Waals surface area contributed by atoms with Crippen molar-refractivity contribution in [3.63, 3.8) is 0 Å². The molecule has 1 amide bonds. The molecule has 2 aliphatic rings. The van der Waals surface area contributed by atoms with Crippen LogP contribution in [0.15, 0.2) is 28.9 Å². The molecule has 0 bridgehead atoms. The van der Waals surface area contributed by atoms with Crippen molar-refractivity contribution in [2.45, 2.75) is 63.5 Å². The molecular weight excluding hydrogens is 440 g/mol. The van der Waals surface area contributed by atoms with E-state index in [1.54, 1.807) is 0 Å². The van der Waals surface area contributed by atoms with Crippen molar-refractivity contribution in [2.24, 2.45) is 5.92 Å². The molecule has 1 aliphatic heterocycles. The van der Waals surface area contributed by atoms with Gasteiger partial charge in [0.25, 0.3) is 0 Å². The Morgan fingerprint density at radius 3 is 2.66 bits per heavy atom. The average Bonchev–Trinajstić information content (AvgIpc) is 3.00. The second-order valence-corrected chi connectivity index (χ2v) is 9.45. The SMILES string of the molecule is O=C(Cc1cn(CC2CCC(F)(F)CC2)c2ccc(Br)cc12)NC1CCNCC1. The highest BCUT2D eigenvalue weighted by Crippen LogP contribution is 2.37. The number of aromatic nitrogens is 1. The molecule has 0 unspecified atom stereocenters. The molecular formula is C22H28BrF2N3O. The topological polar surface area (TPSA) is 46.1 Å². The maximum Gasteiger partial charge on any atom is 0.248 e. The van der Waals surface area contributed by atoms with Crippen LogP contribution in [0.5, 0.6) is 0 Å². The number of benzene rings is 1. The number of alkyl halides is 2. The van der Waals surface area contributed by atoms with Crippen LogP contribution in [-0.4, -0.2) is 35.5 Å². The number of fused-ring (bicyclic) bond motifs is 1. The summed E-state index contributed by atoms with van der Waals surface area (Å²) in [7, 11) is 0. The van der Waals surface area contributed by atoms with Crippen molar-refractivity contribution in [3.8, 4) is 0 Å². The summed E-state index contributed by atoms with van der Waals surface area (Å²) in [5, 5.41) is 7.53. The summed E-state index contributed by atoms with van der Waals surface area (Å²) in [4.78, 5) is 12.6. The minimum atomic E-state index is -2.50. The van der Waals surface area contributed by atoms with E-state index >= 15 is 0 Å². The molecule has 158 valence electrons. The Labute approximate surface area is 178 Å². The molecule has 2 heterocycles. The minimum Gasteiger partial charge on any atom is -0.353 e. The summed E-state index contributed by atoms with van der Waals surface area (Å²) in [6, 6.07) is 6.33. The number of carbonyl (C=O) groups is 1. The Morgan fingerprint density at radius 2 is 1.93 bits per heavy atom. The molecule has 0 atom stereocenters. The largest absolute Gasteiger partial charge is 0.353 e. The third-order valence-electron chi connectivity index (χ3n) is 6.27. The molecule has 1 saturated carbocycles. The molecule has 0 radical (unpaired) electrons. The number of piperidine rings is 1. The summed E-state index contributed by atoms with van der Waals surface area (Å²) >= 11 is 3.53. The quantitative estimate of drug-likeness (QED) is 0.672. The summed E-state index contributed by atoms with van der Waals surface area (Å²) in [6.07, 6.45) is 5.38. The smallest absolute Gasteiger partial charge is 0.248 e. The van der Waals surface area contributed by atoms with Gasteiger partial charge in [-0.1, -0.05) is 15.9 Å². The number of hydrogen-bond acceptors (Lipinski definition) is 2. The van der Waals surface area contributed by atoms with E-state index in [1.807, 2.05) is 24.4 Å². The highest BCUT2D eigenvalue weighted by atomic mass is 79.9. The lowest BCUT2D eigenvalue weighted by Gasteiger charge is -2.28. The van der Waals surface area contributed by atoms with Crippen molar-refractivity contribution in [1.82, 2.24) is 15.2 Å². The first kappa shape index (κ1) is 20.8. The molecule has 7 heteroatoms. The van der Waals surface area contributed by atoms with Crippen molar-refractivity contribution < 1.29 is 13.6 Å². The van der Waals surface area contributed by atoms with Crippen molar-refractivity contribution in [2.75, 3.05) is 13.1 Å². The van der Waals surface area contributed by atoms with Crippen molar-refractivity contribution >= 4 is 32.7 Å². The first-order chi connectivity index (χ1) is 13.9. The molecule has 1 aliphatic carbocycles. The molecule has 1 aromatic carbocycles. The molecule has 4 nitrogen and oxygen atoms in total. The second kappa shape index (κ2) is 8.72. The van der Waals surface area contributed by atoms with E-state index in [9.17, 15) is 13.6 Å².